The molecule has 142 valence electrons. The summed E-state index contributed by atoms with van der Waals surface area (Å²) in [6.07, 6.45) is -1.44. The molecule has 1 aliphatic rings. The molecule has 27 heavy (non-hydrogen) atoms. The van der Waals surface area contributed by atoms with E-state index in [0.717, 1.165) is 11.6 Å². The molecule has 3 rings (SSSR count). The normalized spacial score (nSPS) is 19.6. The van der Waals surface area contributed by atoms with E-state index in [1.165, 1.54) is 0 Å². The number of carbonyl (C=O) groups is 2. The molecule has 0 spiro atoms. The number of rotatable bonds is 4. The van der Waals surface area contributed by atoms with Crippen LogP contribution in [0.3, 0.4) is 0 Å². The zero-order chi connectivity index (χ0) is 19.4. The first-order chi connectivity index (χ1) is 12.9. The number of amides is 1. The smallest absolute Gasteiger partial charge is 0.407 e. The average molecular weight is 377 g/mol. The van der Waals surface area contributed by atoms with E-state index in [9.17, 15) is 22.8 Å². The van der Waals surface area contributed by atoms with Crippen LogP contribution < -0.4 is 5.32 Å². The Hall–Kier alpha value is -2.83. The second-order valence-corrected chi connectivity index (χ2v) is 6.46. The summed E-state index contributed by atoms with van der Waals surface area (Å²) in [5.74, 6) is -4.25. The van der Waals surface area contributed by atoms with Gasteiger partial charge in [-0.3, -0.25) is 4.79 Å². The Morgan fingerprint density at radius 1 is 1.07 bits per heavy atom. The monoisotopic (exact) mass is 377 g/mol. The number of hydrogen-bond acceptors (Lipinski definition) is 3. The van der Waals surface area contributed by atoms with Crippen molar-refractivity contribution in [3.63, 3.8) is 0 Å². The highest BCUT2D eigenvalue weighted by Crippen LogP contribution is 2.35. The lowest BCUT2D eigenvalue weighted by molar-refractivity contribution is -0.123. The SMILES string of the molecule is O=C1CCC(c2cc(F)c(F)cc2F)C(OC(=O)NCc2ccccc2)C1. The van der Waals surface area contributed by atoms with Gasteiger partial charge < -0.3 is 10.1 Å². The molecule has 0 radical (unpaired) electrons. The number of Topliss-reactive ketones (excluding diaryl/α,β-unsaturated/α-hetero) is 1. The molecule has 1 saturated carbocycles. The number of benzene rings is 2. The summed E-state index contributed by atoms with van der Waals surface area (Å²) in [4.78, 5) is 23.9. The van der Waals surface area contributed by atoms with Gasteiger partial charge in [-0.25, -0.2) is 18.0 Å². The van der Waals surface area contributed by atoms with Crippen molar-refractivity contribution in [3.05, 3.63) is 71.0 Å². The van der Waals surface area contributed by atoms with Crippen molar-refractivity contribution >= 4 is 11.9 Å². The van der Waals surface area contributed by atoms with E-state index >= 15 is 0 Å². The van der Waals surface area contributed by atoms with E-state index in [2.05, 4.69) is 5.32 Å². The largest absolute Gasteiger partial charge is 0.445 e. The van der Waals surface area contributed by atoms with Crippen molar-refractivity contribution in [2.24, 2.45) is 0 Å². The van der Waals surface area contributed by atoms with E-state index in [4.69, 9.17) is 4.74 Å². The summed E-state index contributed by atoms with van der Waals surface area (Å²) in [5.41, 5.74) is 0.764. The van der Waals surface area contributed by atoms with Crippen LogP contribution in [0.4, 0.5) is 18.0 Å². The standard InChI is InChI=1S/C20H18F3NO3/c21-16-10-18(23)17(22)9-15(16)14-7-6-13(25)8-19(14)27-20(26)24-11-12-4-2-1-3-5-12/h1-5,9-10,14,19H,6-8,11H2,(H,24,26). The van der Waals surface area contributed by atoms with Crippen LogP contribution in [0.15, 0.2) is 42.5 Å². The van der Waals surface area contributed by atoms with E-state index in [-0.39, 0.29) is 37.2 Å². The fraction of sp³-hybridized carbons (Fsp3) is 0.300. The molecule has 0 bridgehead atoms. The summed E-state index contributed by atoms with van der Waals surface area (Å²) in [6, 6.07) is 10.4. The number of ether oxygens (including phenoxy) is 1. The third-order valence-corrected chi connectivity index (χ3v) is 4.59. The van der Waals surface area contributed by atoms with Gasteiger partial charge in [-0.1, -0.05) is 30.3 Å². The number of ketones is 1. The lowest BCUT2D eigenvalue weighted by Crippen LogP contribution is -2.36. The van der Waals surface area contributed by atoms with Crippen LogP contribution in [0.25, 0.3) is 0 Å². The lowest BCUT2D eigenvalue weighted by Gasteiger charge is -2.31. The molecule has 1 aliphatic carbocycles. The first-order valence-corrected chi connectivity index (χ1v) is 8.58. The summed E-state index contributed by atoms with van der Waals surface area (Å²) in [6.45, 7) is 0.227. The van der Waals surface area contributed by atoms with Gasteiger partial charge in [0.2, 0.25) is 0 Å². The molecule has 1 amide bonds. The van der Waals surface area contributed by atoms with Gasteiger partial charge in [-0.2, -0.15) is 0 Å². The molecule has 0 aliphatic heterocycles. The van der Waals surface area contributed by atoms with E-state index < -0.39 is 35.6 Å². The van der Waals surface area contributed by atoms with Crippen molar-refractivity contribution in [1.29, 1.82) is 0 Å². The molecule has 2 atom stereocenters. The molecule has 0 aromatic heterocycles. The highest BCUT2D eigenvalue weighted by atomic mass is 19.2. The van der Waals surface area contributed by atoms with Gasteiger partial charge in [0.15, 0.2) is 11.6 Å². The van der Waals surface area contributed by atoms with Crippen LogP contribution in [0.5, 0.6) is 0 Å². The molecule has 2 aromatic carbocycles. The number of nitrogens with one attached hydrogen (secondary N) is 1. The van der Waals surface area contributed by atoms with Gasteiger partial charge in [-0.05, 0) is 23.6 Å². The Labute approximate surface area is 154 Å². The lowest BCUT2D eigenvalue weighted by atomic mass is 9.80. The number of halogens is 3. The van der Waals surface area contributed by atoms with Gasteiger partial charge in [0.25, 0.3) is 0 Å². The van der Waals surface area contributed by atoms with Crippen molar-refractivity contribution < 1.29 is 27.5 Å². The molecule has 0 saturated heterocycles. The Bertz CT molecular complexity index is 842. The zero-order valence-electron chi connectivity index (χ0n) is 14.4. The van der Waals surface area contributed by atoms with Crippen LogP contribution in [0.2, 0.25) is 0 Å². The molecule has 0 heterocycles. The van der Waals surface area contributed by atoms with Gasteiger partial charge >= 0.3 is 6.09 Å². The Morgan fingerprint density at radius 2 is 1.78 bits per heavy atom. The Kier molecular flexibility index (Phi) is 5.78. The van der Waals surface area contributed by atoms with Crippen LogP contribution in [-0.2, 0) is 16.1 Å². The second kappa shape index (κ2) is 8.24. The van der Waals surface area contributed by atoms with Crippen LogP contribution >= 0.6 is 0 Å². The van der Waals surface area contributed by atoms with Crippen LogP contribution in [0.1, 0.15) is 36.3 Å². The average Bonchev–Trinajstić information content (AvgIpc) is 2.64. The van der Waals surface area contributed by atoms with Crippen molar-refractivity contribution in [1.82, 2.24) is 5.32 Å². The minimum Gasteiger partial charge on any atom is -0.445 e. The highest BCUT2D eigenvalue weighted by Gasteiger charge is 2.35. The molecule has 7 heteroatoms. The molecule has 2 unspecified atom stereocenters. The third-order valence-electron chi connectivity index (χ3n) is 4.59. The second-order valence-electron chi connectivity index (χ2n) is 6.46. The Balaban J connectivity index is 1.71. The summed E-state index contributed by atoms with van der Waals surface area (Å²) >= 11 is 0. The summed E-state index contributed by atoms with van der Waals surface area (Å²) in [7, 11) is 0. The summed E-state index contributed by atoms with van der Waals surface area (Å²) in [5, 5.41) is 2.57. The van der Waals surface area contributed by atoms with Gasteiger partial charge in [0, 0.05) is 31.4 Å². The van der Waals surface area contributed by atoms with E-state index in [0.29, 0.717) is 6.07 Å². The fourth-order valence-corrected chi connectivity index (χ4v) is 3.22. The predicted octanol–water partition coefficient (Wildman–Crippen LogP) is 4.24. The van der Waals surface area contributed by atoms with E-state index in [1.807, 2.05) is 30.3 Å². The highest BCUT2D eigenvalue weighted by molar-refractivity contribution is 5.80. The molecule has 2 aromatic rings. The Morgan fingerprint density at radius 3 is 2.52 bits per heavy atom. The first-order valence-electron chi connectivity index (χ1n) is 8.58. The van der Waals surface area contributed by atoms with Crippen molar-refractivity contribution in [2.45, 2.75) is 37.8 Å². The van der Waals surface area contributed by atoms with Gasteiger partial charge in [0.1, 0.15) is 17.7 Å². The minimum absolute atomic E-state index is 0.0951. The maximum absolute atomic E-state index is 14.1. The minimum atomic E-state index is -1.29. The zero-order valence-corrected chi connectivity index (χ0v) is 14.4. The van der Waals surface area contributed by atoms with Crippen molar-refractivity contribution in [3.8, 4) is 0 Å². The fourth-order valence-electron chi connectivity index (χ4n) is 3.22. The van der Waals surface area contributed by atoms with Crippen LogP contribution in [-0.4, -0.2) is 18.0 Å². The molecule has 1 fully saturated rings. The number of alkyl carbamates (subject to hydrolysis) is 1. The summed E-state index contributed by atoms with van der Waals surface area (Å²) < 4.78 is 46.2. The molecule has 1 N–H and O–H groups in total. The van der Waals surface area contributed by atoms with Crippen LogP contribution in [0, 0.1) is 17.5 Å². The first kappa shape index (κ1) is 18.9. The van der Waals surface area contributed by atoms with Gasteiger partial charge in [-0.15, -0.1) is 0 Å². The predicted molar refractivity (Wildman–Crippen MR) is 91.5 cm³/mol. The maximum Gasteiger partial charge on any atom is 0.407 e. The quantitative estimate of drug-likeness (QED) is 0.811. The number of carbonyl (C=O) groups excluding carboxylic acids is 2. The van der Waals surface area contributed by atoms with E-state index in [1.54, 1.807) is 0 Å². The molecular formula is C20H18F3NO3. The third kappa shape index (κ3) is 4.67. The molecular weight excluding hydrogens is 359 g/mol. The van der Waals surface area contributed by atoms with Crippen molar-refractivity contribution in [2.75, 3.05) is 0 Å². The topological polar surface area (TPSA) is 55.4 Å². The maximum atomic E-state index is 14.1. The number of hydrogen-bond donors (Lipinski definition) is 1. The van der Waals surface area contributed by atoms with Gasteiger partial charge in [0.05, 0.1) is 0 Å². The molecule has 4 nitrogen and oxygen atoms in total.